The average molecular weight is 442 g/mol. The van der Waals surface area contributed by atoms with Gasteiger partial charge in [-0.05, 0) is 49.4 Å². The Morgan fingerprint density at radius 3 is 2.93 bits per heavy atom. The molecule has 0 bridgehead atoms. The highest BCUT2D eigenvalue weighted by atomic mass is 32.2. The molecule has 0 aliphatic carbocycles. The maximum absolute atomic E-state index is 13.1. The highest BCUT2D eigenvalue weighted by Gasteiger charge is 2.20. The fraction of sp³-hybridized carbons (Fsp3) is 0.318. The number of benzene rings is 2. The molecular weight excluding hydrogens is 418 g/mol. The molecule has 8 heteroatoms. The smallest absolute Gasteiger partial charge is 0.262 e. The number of hydrogen-bond acceptors (Lipinski definition) is 6. The molecule has 1 N–H and O–H groups in total. The normalized spacial score (nSPS) is 16.1. The van der Waals surface area contributed by atoms with Gasteiger partial charge in [0.05, 0.1) is 29.3 Å². The zero-order valence-corrected chi connectivity index (χ0v) is 18.3. The van der Waals surface area contributed by atoms with E-state index in [-0.39, 0.29) is 23.3 Å². The number of carbonyl (C=O) groups is 1. The van der Waals surface area contributed by atoms with Gasteiger partial charge in [0, 0.05) is 17.2 Å². The molecule has 0 spiro atoms. The van der Waals surface area contributed by atoms with E-state index in [9.17, 15) is 9.59 Å². The number of thioether (sulfide) groups is 2. The minimum absolute atomic E-state index is 0.00752. The van der Waals surface area contributed by atoms with Crippen LogP contribution in [0.2, 0.25) is 0 Å². The molecule has 156 valence electrons. The first-order valence-corrected chi connectivity index (χ1v) is 12.0. The molecule has 1 atom stereocenters. The first kappa shape index (κ1) is 21.0. The van der Waals surface area contributed by atoms with Gasteiger partial charge in [-0.2, -0.15) is 0 Å². The Morgan fingerprint density at radius 1 is 1.27 bits per heavy atom. The lowest BCUT2D eigenvalue weighted by molar-refractivity contribution is -0.113. The van der Waals surface area contributed by atoms with Gasteiger partial charge < -0.3 is 10.1 Å². The van der Waals surface area contributed by atoms with Gasteiger partial charge in [0.2, 0.25) is 5.91 Å². The Hall–Kier alpha value is -2.29. The van der Waals surface area contributed by atoms with Crippen molar-refractivity contribution < 1.29 is 9.53 Å². The molecular formula is C22H23N3O3S2. The summed E-state index contributed by atoms with van der Waals surface area (Å²) < 4.78 is 7.38. The van der Waals surface area contributed by atoms with Crippen LogP contribution < -0.4 is 10.9 Å². The van der Waals surface area contributed by atoms with E-state index < -0.39 is 0 Å². The van der Waals surface area contributed by atoms with Gasteiger partial charge in [-0.25, -0.2) is 4.98 Å². The van der Waals surface area contributed by atoms with Crippen LogP contribution in [0.1, 0.15) is 12.8 Å². The van der Waals surface area contributed by atoms with Gasteiger partial charge in [0.25, 0.3) is 5.56 Å². The van der Waals surface area contributed by atoms with Crippen LogP contribution in [0.15, 0.2) is 63.4 Å². The maximum Gasteiger partial charge on any atom is 0.262 e. The second-order valence-electron chi connectivity index (χ2n) is 7.03. The third kappa shape index (κ3) is 4.88. The zero-order chi connectivity index (χ0) is 20.9. The summed E-state index contributed by atoms with van der Waals surface area (Å²) in [6.07, 6.45) is 3.93. The van der Waals surface area contributed by atoms with E-state index in [1.54, 1.807) is 22.4 Å². The molecule has 2 aromatic carbocycles. The fourth-order valence-electron chi connectivity index (χ4n) is 3.44. The van der Waals surface area contributed by atoms with E-state index in [1.807, 2.05) is 48.7 Å². The van der Waals surface area contributed by atoms with Gasteiger partial charge in [0.15, 0.2) is 5.16 Å². The molecule has 1 aromatic heterocycles. The monoisotopic (exact) mass is 441 g/mol. The number of anilines is 1. The van der Waals surface area contributed by atoms with E-state index in [4.69, 9.17) is 4.74 Å². The van der Waals surface area contributed by atoms with E-state index in [0.29, 0.717) is 22.6 Å². The lowest BCUT2D eigenvalue weighted by Gasteiger charge is -2.16. The number of nitrogens with one attached hydrogen (secondary N) is 1. The molecule has 30 heavy (non-hydrogen) atoms. The van der Waals surface area contributed by atoms with Gasteiger partial charge in [-0.1, -0.05) is 30.0 Å². The van der Waals surface area contributed by atoms with Crippen molar-refractivity contribution in [1.29, 1.82) is 0 Å². The van der Waals surface area contributed by atoms with E-state index >= 15 is 0 Å². The SMILES string of the molecule is CSc1cccc(NC(=O)CSc2nc3ccccc3c(=O)n2CC2CCCO2)c1. The predicted molar refractivity (Wildman–Crippen MR) is 123 cm³/mol. The zero-order valence-electron chi connectivity index (χ0n) is 16.7. The molecule has 1 aliphatic heterocycles. The van der Waals surface area contributed by atoms with Crippen molar-refractivity contribution in [3.63, 3.8) is 0 Å². The summed E-state index contributed by atoms with van der Waals surface area (Å²) in [5.74, 6) is 0.0316. The van der Waals surface area contributed by atoms with Crippen molar-refractivity contribution in [2.75, 3.05) is 23.9 Å². The Morgan fingerprint density at radius 2 is 2.13 bits per heavy atom. The van der Waals surface area contributed by atoms with Gasteiger partial charge in [-0.15, -0.1) is 11.8 Å². The number of carbonyl (C=O) groups excluding carboxylic acids is 1. The van der Waals surface area contributed by atoms with Crippen molar-refractivity contribution >= 4 is 46.0 Å². The van der Waals surface area contributed by atoms with Crippen molar-refractivity contribution in [3.05, 3.63) is 58.9 Å². The maximum atomic E-state index is 13.1. The van der Waals surface area contributed by atoms with Crippen molar-refractivity contribution in [2.24, 2.45) is 0 Å². The molecule has 2 heterocycles. The van der Waals surface area contributed by atoms with Crippen LogP contribution in [0, 0.1) is 0 Å². The van der Waals surface area contributed by atoms with Crippen molar-refractivity contribution in [2.45, 2.75) is 35.5 Å². The second-order valence-corrected chi connectivity index (χ2v) is 8.85. The quantitative estimate of drug-likeness (QED) is 0.441. The minimum atomic E-state index is -0.135. The number of hydrogen-bond donors (Lipinski definition) is 1. The first-order valence-electron chi connectivity index (χ1n) is 9.82. The number of rotatable bonds is 7. The van der Waals surface area contributed by atoms with Gasteiger partial charge >= 0.3 is 0 Å². The summed E-state index contributed by atoms with van der Waals surface area (Å²) in [6.45, 7) is 1.18. The highest BCUT2D eigenvalue weighted by molar-refractivity contribution is 7.99. The average Bonchev–Trinajstić information content (AvgIpc) is 3.28. The molecule has 0 saturated carbocycles. The Kier molecular flexibility index (Phi) is 6.76. The Labute approximate surface area is 183 Å². The predicted octanol–water partition coefficient (Wildman–Crippen LogP) is 4.03. The van der Waals surface area contributed by atoms with Crippen LogP contribution >= 0.6 is 23.5 Å². The Balaban J connectivity index is 1.54. The Bertz CT molecular complexity index is 1110. The van der Waals surface area contributed by atoms with E-state index in [1.165, 1.54) is 11.8 Å². The minimum Gasteiger partial charge on any atom is -0.376 e. The lowest BCUT2D eigenvalue weighted by Crippen LogP contribution is -2.29. The van der Waals surface area contributed by atoms with Crippen LogP contribution in [0.5, 0.6) is 0 Å². The van der Waals surface area contributed by atoms with Gasteiger partial charge in [-0.3, -0.25) is 14.2 Å². The number of amides is 1. The first-order chi connectivity index (χ1) is 14.6. The summed E-state index contributed by atoms with van der Waals surface area (Å²) >= 11 is 2.90. The van der Waals surface area contributed by atoms with E-state index in [2.05, 4.69) is 10.3 Å². The number of para-hydroxylation sites is 1. The fourth-order valence-corrected chi connectivity index (χ4v) is 4.71. The van der Waals surface area contributed by atoms with Crippen molar-refractivity contribution in [1.82, 2.24) is 9.55 Å². The summed E-state index contributed by atoms with van der Waals surface area (Å²) in [7, 11) is 0. The van der Waals surface area contributed by atoms with Crippen LogP contribution in [0.3, 0.4) is 0 Å². The molecule has 1 aliphatic rings. The number of aromatic nitrogens is 2. The molecule has 1 amide bonds. The summed E-state index contributed by atoms with van der Waals surface area (Å²) in [5.41, 5.74) is 1.31. The molecule has 6 nitrogen and oxygen atoms in total. The van der Waals surface area contributed by atoms with Gasteiger partial charge in [0.1, 0.15) is 0 Å². The standard InChI is InChI=1S/C22H23N3O3S2/c1-29-17-8-4-6-15(12-17)23-20(26)14-30-22-24-19-10-3-2-9-18(19)21(27)25(22)13-16-7-5-11-28-16/h2-4,6,8-10,12,16H,5,7,11,13-14H2,1H3,(H,23,26). The van der Waals surface area contributed by atoms with Crippen LogP contribution in [0.25, 0.3) is 10.9 Å². The number of ether oxygens (including phenoxy) is 1. The molecule has 3 aromatic rings. The van der Waals surface area contributed by atoms with Crippen LogP contribution in [-0.2, 0) is 16.1 Å². The lowest BCUT2D eigenvalue weighted by atomic mass is 10.2. The molecule has 4 rings (SSSR count). The molecule has 0 radical (unpaired) electrons. The number of nitrogens with zero attached hydrogens (tertiary/aromatic N) is 2. The number of fused-ring (bicyclic) bond motifs is 1. The largest absolute Gasteiger partial charge is 0.376 e. The topological polar surface area (TPSA) is 73.2 Å². The summed E-state index contributed by atoms with van der Waals surface area (Å²) in [4.78, 5) is 31.4. The van der Waals surface area contributed by atoms with Crippen molar-refractivity contribution in [3.8, 4) is 0 Å². The van der Waals surface area contributed by atoms with Crippen LogP contribution in [0.4, 0.5) is 5.69 Å². The summed E-state index contributed by atoms with van der Waals surface area (Å²) in [6, 6.07) is 15.0. The molecule has 1 fully saturated rings. The summed E-state index contributed by atoms with van der Waals surface area (Å²) in [5, 5.41) is 4.04. The highest BCUT2D eigenvalue weighted by Crippen LogP contribution is 2.22. The van der Waals surface area contributed by atoms with E-state index in [0.717, 1.165) is 30.0 Å². The van der Waals surface area contributed by atoms with Crippen LogP contribution in [-0.4, -0.2) is 40.2 Å². The molecule has 1 saturated heterocycles. The molecule has 1 unspecified atom stereocenters. The third-order valence-corrected chi connectivity index (χ3v) is 6.62. The third-order valence-electron chi connectivity index (χ3n) is 4.92. The second kappa shape index (κ2) is 9.68.